The molecule has 1 aliphatic carbocycles. The number of nitrogens with one attached hydrogen (secondary N) is 2. The Bertz CT molecular complexity index is 1020. The molecule has 0 bridgehead atoms. The molecule has 2 aromatic rings. The Kier molecular flexibility index (Phi) is 5.66. The number of amides is 2. The van der Waals surface area contributed by atoms with Crippen LogP contribution in [0.2, 0.25) is 0 Å². The van der Waals surface area contributed by atoms with Crippen LogP contribution in [0.15, 0.2) is 30.3 Å². The van der Waals surface area contributed by atoms with Crippen molar-refractivity contribution in [1.82, 2.24) is 15.1 Å². The summed E-state index contributed by atoms with van der Waals surface area (Å²) in [5.74, 6) is 0.485. The van der Waals surface area contributed by atoms with E-state index in [2.05, 4.69) is 34.3 Å². The van der Waals surface area contributed by atoms with Gasteiger partial charge in [-0.3, -0.25) is 14.7 Å². The molecule has 174 valence electrons. The van der Waals surface area contributed by atoms with Crippen LogP contribution in [0.5, 0.6) is 0 Å². The lowest BCUT2D eigenvalue weighted by Gasteiger charge is -2.53. The third-order valence-electron chi connectivity index (χ3n) is 7.28. The Morgan fingerprint density at radius 3 is 2.38 bits per heavy atom. The van der Waals surface area contributed by atoms with E-state index < -0.39 is 21.7 Å². The molecule has 2 amide bonds. The molecular formula is C24H34N4O3S. The van der Waals surface area contributed by atoms with Gasteiger partial charge in [0.05, 0.1) is 22.5 Å². The van der Waals surface area contributed by atoms with Crippen molar-refractivity contribution >= 4 is 27.7 Å². The second-order valence-electron chi connectivity index (χ2n) is 10.1. The van der Waals surface area contributed by atoms with E-state index in [0.717, 1.165) is 36.1 Å². The molecule has 1 aliphatic heterocycles. The minimum atomic E-state index is -1.07. The monoisotopic (exact) mass is 458 g/mol. The summed E-state index contributed by atoms with van der Waals surface area (Å²) in [6.45, 7) is 4.35. The topological polar surface area (TPSA) is 87.3 Å². The molecule has 1 aromatic carbocycles. The first kappa shape index (κ1) is 22.9. The number of carbonyl (C=O) groups excluding carboxylic acids is 2. The van der Waals surface area contributed by atoms with Crippen LogP contribution in [0.1, 0.15) is 56.0 Å². The molecular weight excluding hydrogens is 424 g/mol. The fourth-order valence-electron chi connectivity index (χ4n) is 4.96. The number of methoxy groups -OCH3 is 1. The van der Waals surface area contributed by atoms with E-state index in [1.807, 2.05) is 44.2 Å². The van der Waals surface area contributed by atoms with Crippen molar-refractivity contribution in [2.75, 3.05) is 31.2 Å². The highest BCUT2D eigenvalue weighted by atomic mass is 32.3. The van der Waals surface area contributed by atoms with Crippen molar-refractivity contribution in [3.8, 4) is 0 Å². The van der Waals surface area contributed by atoms with Gasteiger partial charge in [-0.05, 0) is 57.4 Å². The number of nitrogens with zero attached hydrogens (tertiary/aromatic N) is 2. The average molecular weight is 459 g/mol. The summed E-state index contributed by atoms with van der Waals surface area (Å²) in [4.78, 5) is 28.7. The normalized spacial score (nSPS) is 20.2. The van der Waals surface area contributed by atoms with Gasteiger partial charge in [-0.2, -0.15) is 5.10 Å². The van der Waals surface area contributed by atoms with Gasteiger partial charge in [-0.15, -0.1) is 0 Å². The van der Waals surface area contributed by atoms with Crippen LogP contribution in [-0.4, -0.2) is 57.5 Å². The van der Waals surface area contributed by atoms with Crippen LogP contribution >= 0.6 is 10.0 Å². The zero-order valence-electron chi connectivity index (χ0n) is 19.8. The number of aromatic nitrogens is 2. The fraction of sp³-hybridized carbons (Fsp3) is 0.542. The standard InChI is InChI=1S/C24H34N4O3S/c1-23(2)19-17(15-28(23)21(29)18(31-3)16-11-8-7-9-12-16)20(27-26-19)25-22(30)24(13-10-14-24)32(4,5)6/h7-9,11-12,18H,10,13-15H2,1-6H3,(H2,25,26,27,30)/t18-/m0/s1. The van der Waals surface area contributed by atoms with Crippen molar-refractivity contribution in [3.05, 3.63) is 47.2 Å². The number of rotatable bonds is 6. The highest BCUT2D eigenvalue weighted by molar-refractivity contribution is 8.33. The third kappa shape index (κ3) is 3.44. The van der Waals surface area contributed by atoms with Crippen molar-refractivity contribution in [2.24, 2.45) is 0 Å². The van der Waals surface area contributed by atoms with E-state index in [1.165, 1.54) is 0 Å². The van der Waals surface area contributed by atoms with Gasteiger partial charge in [0.1, 0.15) is 0 Å². The zero-order valence-corrected chi connectivity index (χ0v) is 20.6. The van der Waals surface area contributed by atoms with E-state index in [9.17, 15) is 9.59 Å². The molecule has 0 saturated heterocycles. The van der Waals surface area contributed by atoms with E-state index in [4.69, 9.17) is 4.74 Å². The minimum Gasteiger partial charge on any atom is -0.367 e. The first-order valence-electron chi connectivity index (χ1n) is 11.0. The minimum absolute atomic E-state index is 0.0576. The smallest absolute Gasteiger partial charge is 0.257 e. The molecule has 8 heteroatoms. The Morgan fingerprint density at radius 2 is 1.84 bits per heavy atom. The van der Waals surface area contributed by atoms with Crippen LogP contribution in [-0.2, 0) is 26.4 Å². The predicted molar refractivity (Wildman–Crippen MR) is 129 cm³/mol. The van der Waals surface area contributed by atoms with Gasteiger partial charge in [0.15, 0.2) is 11.9 Å². The maximum Gasteiger partial charge on any atom is 0.257 e. The number of carbonyl (C=O) groups is 2. The van der Waals surface area contributed by atoms with E-state index in [0.29, 0.717) is 12.4 Å². The number of aromatic amines is 1. The molecule has 2 heterocycles. The van der Waals surface area contributed by atoms with E-state index >= 15 is 0 Å². The van der Waals surface area contributed by atoms with Crippen LogP contribution in [0.4, 0.5) is 5.82 Å². The first-order valence-corrected chi connectivity index (χ1v) is 13.8. The van der Waals surface area contributed by atoms with Gasteiger partial charge < -0.3 is 15.0 Å². The zero-order chi connectivity index (χ0) is 23.3. The van der Waals surface area contributed by atoms with Crippen molar-refractivity contribution in [2.45, 2.75) is 56.0 Å². The lowest BCUT2D eigenvalue weighted by Crippen LogP contribution is -2.51. The average Bonchev–Trinajstić information content (AvgIpc) is 3.19. The highest BCUT2D eigenvalue weighted by Crippen LogP contribution is 2.60. The number of hydrogen-bond donors (Lipinski definition) is 2. The van der Waals surface area contributed by atoms with Gasteiger partial charge in [-0.1, -0.05) is 30.3 Å². The summed E-state index contributed by atoms with van der Waals surface area (Å²) in [5, 5.41) is 10.6. The number of ether oxygens (including phenoxy) is 1. The molecule has 0 radical (unpaired) electrons. The summed E-state index contributed by atoms with van der Waals surface area (Å²) in [6.07, 6.45) is 8.87. The summed E-state index contributed by atoms with van der Waals surface area (Å²) in [6, 6.07) is 9.51. The lowest BCUT2D eigenvalue weighted by molar-refractivity contribution is -0.148. The maximum absolute atomic E-state index is 13.5. The van der Waals surface area contributed by atoms with Crippen LogP contribution in [0.3, 0.4) is 0 Å². The third-order valence-corrected chi connectivity index (χ3v) is 10.2. The number of benzene rings is 1. The Hall–Kier alpha value is -2.32. The van der Waals surface area contributed by atoms with Crippen molar-refractivity contribution in [3.63, 3.8) is 0 Å². The first-order chi connectivity index (χ1) is 15.0. The molecule has 4 rings (SSSR count). The largest absolute Gasteiger partial charge is 0.367 e. The molecule has 2 aliphatic rings. The molecule has 32 heavy (non-hydrogen) atoms. The maximum atomic E-state index is 13.5. The van der Waals surface area contributed by atoms with E-state index in [-0.39, 0.29) is 16.6 Å². The van der Waals surface area contributed by atoms with Gasteiger partial charge in [0.2, 0.25) is 5.91 Å². The molecule has 1 saturated carbocycles. The second kappa shape index (κ2) is 7.92. The Morgan fingerprint density at radius 1 is 1.19 bits per heavy atom. The van der Waals surface area contributed by atoms with Gasteiger partial charge in [0, 0.05) is 12.7 Å². The summed E-state index contributed by atoms with van der Waals surface area (Å²) >= 11 is 0. The summed E-state index contributed by atoms with van der Waals surface area (Å²) < 4.78 is 5.30. The summed E-state index contributed by atoms with van der Waals surface area (Å²) in [5.41, 5.74) is 1.95. The molecule has 2 N–H and O–H groups in total. The predicted octanol–water partition coefficient (Wildman–Crippen LogP) is 3.93. The van der Waals surface area contributed by atoms with Gasteiger partial charge >= 0.3 is 0 Å². The molecule has 0 spiro atoms. The highest BCUT2D eigenvalue weighted by Gasteiger charge is 2.51. The SMILES string of the molecule is CO[C@H](C(=O)N1Cc2c(NC(=O)C3(S(C)(C)C)CCC3)n[nH]c2C1(C)C)c1ccccc1. The fourth-order valence-corrected chi connectivity index (χ4v) is 7.08. The summed E-state index contributed by atoms with van der Waals surface area (Å²) in [7, 11) is 0.486. The molecule has 1 aromatic heterocycles. The van der Waals surface area contributed by atoms with E-state index in [1.54, 1.807) is 12.0 Å². The molecule has 0 unspecified atom stereocenters. The molecule has 1 atom stereocenters. The Labute approximate surface area is 191 Å². The van der Waals surface area contributed by atoms with Crippen LogP contribution in [0.25, 0.3) is 0 Å². The van der Waals surface area contributed by atoms with Crippen molar-refractivity contribution in [1.29, 1.82) is 0 Å². The quantitative estimate of drug-likeness (QED) is 0.687. The molecule has 1 fully saturated rings. The second-order valence-corrected chi connectivity index (χ2v) is 14.5. The number of H-pyrrole nitrogens is 1. The van der Waals surface area contributed by atoms with Gasteiger partial charge in [-0.25, -0.2) is 10.0 Å². The lowest BCUT2D eigenvalue weighted by atomic mass is 9.83. The Balaban J connectivity index is 1.59. The number of fused-ring (bicyclic) bond motifs is 1. The van der Waals surface area contributed by atoms with Crippen LogP contribution < -0.4 is 5.32 Å². The molecule has 7 nitrogen and oxygen atoms in total. The van der Waals surface area contributed by atoms with Gasteiger partial charge in [0.25, 0.3) is 5.91 Å². The number of hydrogen-bond acceptors (Lipinski definition) is 4. The van der Waals surface area contributed by atoms with Crippen LogP contribution in [0, 0.1) is 0 Å². The number of anilines is 1. The van der Waals surface area contributed by atoms with Crippen molar-refractivity contribution < 1.29 is 14.3 Å².